The molecule has 32 heavy (non-hydrogen) atoms. The van der Waals surface area contributed by atoms with E-state index in [9.17, 15) is 9.32 Å². The minimum atomic E-state index is -1.10. The summed E-state index contributed by atoms with van der Waals surface area (Å²) in [6, 6.07) is 8.03. The van der Waals surface area contributed by atoms with Crippen molar-refractivity contribution in [1.82, 2.24) is 9.97 Å². The summed E-state index contributed by atoms with van der Waals surface area (Å²) >= 11 is 6.06. The number of aryl methyl sites for hydroxylation is 1. The van der Waals surface area contributed by atoms with E-state index in [1.807, 2.05) is 12.1 Å². The third-order valence-corrected chi connectivity index (χ3v) is 8.74. The molecule has 3 aliphatic rings. The molecule has 8 heteroatoms. The molecular formula is C24H29ClN4O2S. The predicted octanol–water partition coefficient (Wildman–Crippen LogP) is 4.19. The molecule has 1 saturated carbocycles. The van der Waals surface area contributed by atoms with Crippen molar-refractivity contribution in [2.45, 2.75) is 55.9 Å². The van der Waals surface area contributed by atoms with Gasteiger partial charge in [0.15, 0.2) is 0 Å². The molecule has 0 bridgehead atoms. The molecule has 170 valence electrons. The molecule has 0 radical (unpaired) electrons. The number of anilines is 2. The predicted molar refractivity (Wildman–Crippen MR) is 130 cm³/mol. The molecule has 0 unspecified atom stereocenters. The zero-order chi connectivity index (χ0) is 22.3. The van der Waals surface area contributed by atoms with Crippen LogP contribution < -0.4 is 10.2 Å². The van der Waals surface area contributed by atoms with E-state index in [0.717, 1.165) is 67.2 Å². The molecule has 3 heterocycles. The summed E-state index contributed by atoms with van der Waals surface area (Å²) in [5.74, 6) is 1.99. The second-order valence-corrected chi connectivity index (χ2v) is 11.1. The van der Waals surface area contributed by atoms with Crippen molar-refractivity contribution >= 4 is 39.7 Å². The third-order valence-electron chi connectivity index (χ3n) is 6.94. The Labute approximate surface area is 196 Å². The lowest BCUT2D eigenvalue weighted by Gasteiger charge is -2.42. The summed E-state index contributed by atoms with van der Waals surface area (Å²) in [6.07, 6.45) is 5.49. The summed E-state index contributed by atoms with van der Waals surface area (Å²) in [5, 5.41) is 14.2. The van der Waals surface area contributed by atoms with Crippen LogP contribution in [0.4, 0.5) is 11.8 Å². The van der Waals surface area contributed by atoms with Gasteiger partial charge in [0.05, 0.1) is 28.6 Å². The van der Waals surface area contributed by atoms with E-state index in [-0.39, 0.29) is 12.1 Å². The molecule has 6 nitrogen and oxygen atoms in total. The van der Waals surface area contributed by atoms with Gasteiger partial charge in [-0.05, 0) is 68.7 Å². The van der Waals surface area contributed by atoms with Crippen LogP contribution in [0.3, 0.4) is 0 Å². The van der Waals surface area contributed by atoms with Crippen LogP contribution >= 0.6 is 11.6 Å². The first kappa shape index (κ1) is 21.9. The van der Waals surface area contributed by atoms with Crippen LogP contribution in [0.5, 0.6) is 0 Å². The topological polar surface area (TPSA) is 78.3 Å². The average Bonchev–Trinajstić information content (AvgIpc) is 2.77. The van der Waals surface area contributed by atoms with Crippen LogP contribution in [0.15, 0.2) is 34.7 Å². The van der Waals surface area contributed by atoms with E-state index in [1.54, 1.807) is 0 Å². The molecule has 0 spiro atoms. The van der Waals surface area contributed by atoms with Crippen molar-refractivity contribution in [3.05, 3.63) is 46.1 Å². The first-order valence-electron chi connectivity index (χ1n) is 11.4. The maximum Gasteiger partial charge on any atom is 0.227 e. The van der Waals surface area contributed by atoms with Crippen molar-refractivity contribution < 1.29 is 9.32 Å². The normalized spacial score (nSPS) is 22.3. The van der Waals surface area contributed by atoms with Gasteiger partial charge in [-0.25, -0.2) is 4.98 Å². The zero-order valence-electron chi connectivity index (χ0n) is 18.4. The Bertz CT molecular complexity index is 1080. The molecule has 1 atom stereocenters. The Hall–Kier alpha value is -1.96. The van der Waals surface area contributed by atoms with Gasteiger partial charge in [-0.15, -0.1) is 0 Å². The SMILES string of the molecule is CC1=C(c2ccc(Cl)cc2)CCN(c2nc3c(c(NC4(CO)CCC4)n2)[S@](=O)CCC3)C1. The molecule has 1 fully saturated rings. The summed E-state index contributed by atoms with van der Waals surface area (Å²) in [4.78, 5) is 12.7. The van der Waals surface area contributed by atoms with Gasteiger partial charge in [0.2, 0.25) is 5.95 Å². The van der Waals surface area contributed by atoms with E-state index in [1.165, 1.54) is 16.7 Å². The van der Waals surface area contributed by atoms with E-state index in [4.69, 9.17) is 21.6 Å². The summed E-state index contributed by atoms with van der Waals surface area (Å²) in [5.41, 5.74) is 4.40. The molecule has 1 aromatic carbocycles. The van der Waals surface area contributed by atoms with Gasteiger partial charge >= 0.3 is 0 Å². The molecule has 1 aromatic heterocycles. The first-order valence-corrected chi connectivity index (χ1v) is 13.1. The number of halogens is 1. The number of aliphatic hydroxyl groups is 1. The molecule has 0 amide bonds. The van der Waals surface area contributed by atoms with E-state index in [2.05, 4.69) is 29.3 Å². The van der Waals surface area contributed by atoms with E-state index >= 15 is 0 Å². The highest BCUT2D eigenvalue weighted by Crippen LogP contribution is 2.38. The van der Waals surface area contributed by atoms with Crippen molar-refractivity contribution in [3.63, 3.8) is 0 Å². The average molecular weight is 473 g/mol. The monoisotopic (exact) mass is 472 g/mol. The number of fused-ring (bicyclic) bond motifs is 1. The smallest absolute Gasteiger partial charge is 0.227 e. The lowest BCUT2D eigenvalue weighted by Crippen LogP contribution is -2.49. The fourth-order valence-electron chi connectivity index (χ4n) is 4.90. The Morgan fingerprint density at radius 1 is 1.19 bits per heavy atom. The van der Waals surface area contributed by atoms with Gasteiger partial charge in [-0.1, -0.05) is 29.3 Å². The number of hydrogen-bond donors (Lipinski definition) is 2. The van der Waals surface area contributed by atoms with Crippen LogP contribution in [-0.4, -0.2) is 50.3 Å². The van der Waals surface area contributed by atoms with Gasteiger partial charge in [-0.3, -0.25) is 4.21 Å². The van der Waals surface area contributed by atoms with Gasteiger partial charge in [0, 0.05) is 23.9 Å². The molecule has 0 saturated heterocycles. The minimum Gasteiger partial charge on any atom is -0.394 e. The van der Waals surface area contributed by atoms with Crippen molar-refractivity contribution in [3.8, 4) is 0 Å². The minimum absolute atomic E-state index is 0.0593. The van der Waals surface area contributed by atoms with Gasteiger partial charge in [0.1, 0.15) is 10.7 Å². The number of nitrogens with one attached hydrogen (secondary N) is 1. The summed E-state index contributed by atoms with van der Waals surface area (Å²) in [6.45, 7) is 3.80. The highest BCUT2D eigenvalue weighted by Gasteiger charge is 2.38. The van der Waals surface area contributed by atoms with Crippen molar-refractivity contribution in [2.75, 3.05) is 35.7 Å². The second kappa shape index (κ2) is 8.76. The number of hydrogen-bond acceptors (Lipinski definition) is 6. The van der Waals surface area contributed by atoms with Crippen LogP contribution in [0.1, 0.15) is 50.3 Å². The summed E-state index contributed by atoms with van der Waals surface area (Å²) < 4.78 is 12.8. The van der Waals surface area contributed by atoms with Gasteiger partial charge in [0.25, 0.3) is 0 Å². The maximum atomic E-state index is 12.8. The first-order chi connectivity index (χ1) is 15.5. The number of benzene rings is 1. The third kappa shape index (κ3) is 4.06. The Balaban J connectivity index is 1.47. The number of aromatic nitrogens is 2. The Kier molecular flexibility index (Phi) is 5.99. The highest BCUT2D eigenvalue weighted by atomic mass is 35.5. The van der Waals surface area contributed by atoms with E-state index < -0.39 is 10.8 Å². The molecule has 2 N–H and O–H groups in total. The molecule has 2 aliphatic heterocycles. The zero-order valence-corrected chi connectivity index (χ0v) is 19.9. The fraction of sp³-hybridized carbons (Fsp3) is 0.500. The molecule has 1 aliphatic carbocycles. The van der Waals surface area contributed by atoms with Crippen LogP contribution in [-0.2, 0) is 17.2 Å². The quantitative estimate of drug-likeness (QED) is 0.679. The van der Waals surface area contributed by atoms with Gasteiger partial charge < -0.3 is 15.3 Å². The van der Waals surface area contributed by atoms with Crippen molar-refractivity contribution in [2.24, 2.45) is 0 Å². The summed E-state index contributed by atoms with van der Waals surface area (Å²) in [7, 11) is -1.10. The van der Waals surface area contributed by atoms with Gasteiger partial charge in [-0.2, -0.15) is 4.98 Å². The molecule has 5 rings (SSSR count). The van der Waals surface area contributed by atoms with Crippen LogP contribution in [0, 0.1) is 0 Å². The number of rotatable bonds is 5. The Morgan fingerprint density at radius 2 is 1.97 bits per heavy atom. The standard InChI is InChI=1S/C24H29ClN4O2S/c1-16-14-29(12-9-19(16)17-5-7-18(25)8-6-17)23-26-20-4-2-13-32(31)21(20)22(27-23)28-24(15-30)10-3-11-24/h5-8,30H,2-4,9-15H2,1H3,(H,26,27,28)/t32-/m1/s1. The molecular weight excluding hydrogens is 444 g/mol. The second-order valence-electron chi connectivity index (χ2n) is 9.16. The maximum absolute atomic E-state index is 12.8. The highest BCUT2D eigenvalue weighted by molar-refractivity contribution is 7.85. The number of nitrogens with zero attached hydrogens (tertiary/aromatic N) is 3. The number of aliphatic hydroxyl groups excluding tert-OH is 1. The van der Waals surface area contributed by atoms with E-state index in [0.29, 0.717) is 17.5 Å². The fourth-order valence-corrected chi connectivity index (χ4v) is 6.36. The largest absolute Gasteiger partial charge is 0.394 e. The van der Waals surface area contributed by atoms with Crippen molar-refractivity contribution in [1.29, 1.82) is 0 Å². The van der Waals surface area contributed by atoms with Crippen LogP contribution in [0.2, 0.25) is 5.02 Å². The Morgan fingerprint density at radius 3 is 2.62 bits per heavy atom. The lowest BCUT2D eigenvalue weighted by molar-refractivity contribution is 0.143. The van der Waals surface area contributed by atoms with Crippen LogP contribution in [0.25, 0.3) is 5.57 Å². The molecule has 2 aromatic rings. The lowest BCUT2D eigenvalue weighted by atomic mass is 9.77.